The number of piperidine rings is 1. The van der Waals surface area contributed by atoms with Crippen molar-refractivity contribution in [1.82, 2.24) is 5.32 Å². The van der Waals surface area contributed by atoms with Crippen molar-refractivity contribution < 1.29 is 9.90 Å². The van der Waals surface area contributed by atoms with Crippen LogP contribution < -0.4 is 5.32 Å². The van der Waals surface area contributed by atoms with Crippen LogP contribution in [0.25, 0.3) is 0 Å². The Morgan fingerprint density at radius 1 is 1.40 bits per heavy atom. The Hall–Kier alpha value is -0.570. The first-order valence-electron chi connectivity index (χ1n) is 3.24. The van der Waals surface area contributed by atoms with Crippen LogP contribution in [0.2, 0.25) is 0 Å². The predicted octanol–water partition coefficient (Wildman–Crippen LogP) is 0.707. The van der Waals surface area contributed by atoms with Crippen LogP contribution in [-0.4, -0.2) is 24.2 Å². The van der Waals surface area contributed by atoms with Crippen LogP contribution in [0.4, 0.5) is 0 Å². The Morgan fingerprint density at radius 2 is 1.90 bits per heavy atom. The minimum Gasteiger partial charge on any atom is -0.481 e. The molecule has 1 rings (SSSR count). The molecule has 0 aromatic carbocycles. The van der Waals surface area contributed by atoms with Crippen molar-refractivity contribution in [3.05, 3.63) is 0 Å². The highest BCUT2D eigenvalue weighted by molar-refractivity contribution is 5.70. The number of hydrogen-bond acceptors (Lipinski definition) is 2. The molecular formula is C7H15NO2. The molecule has 0 saturated carbocycles. The van der Waals surface area contributed by atoms with Gasteiger partial charge < -0.3 is 10.4 Å². The van der Waals surface area contributed by atoms with Gasteiger partial charge in [-0.25, -0.2) is 0 Å². The summed E-state index contributed by atoms with van der Waals surface area (Å²) in [6.45, 7) is 1.72. The highest BCUT2D eigenvalue weighted by atomic mass is 16.4. The zero-order valence-electron chi connectivity index (χ0n) is 5.26. The van der Waals surface area contributed by atoms with Crippen molar-refractivity contribution >= 4 is 5.97 Å². The molecule has 1 saturated heterocycles. The summed E-state index contributed by atoms with van der Waals surface area (Å²) in [5.74, 6) is -0.734. The molecule has 0 bridgehead atoms. The van der Waals surface area contributed by atoms with Gasteiger partial charge in [0.25, 0.3) is 0 Å². The summed E-state index contributed by atoms with van der Waals surface area (Å²) in [7, 11) is 0. The zero-order valence-corrected chi connectivity index (χ0v) is 5.26. The minimum atomic E-state index is -0.642. The summed E-state index contributed by atoms with van der Waals surface area (Å²) in [5, 5.41) is 11.6. The van der Waals surface area contributed by atoms with Crippen molar-refractivity contribution in [3.63, 3.8) is 0 Å². The molecule has 0 unspecified atom stereocenters. The summed E-state index contributed by atoms with van der Waals surface area (Å²) in [5.41, 5.74) is 0. The minimum absolute atomic E-state index is 0. The molecule has 1 fully saturated rings. The van der Waals surface area contributed by atoms with E-state index < -0.39 is 5.97 Å². The second-order valence-corrected chi connectivity index (χ2v) is 2.36. The molecule has 0 spiro atoms. The molecule has 2 N–H and O–H groups in total. The van der Waals surface area contributed by atoms with E-state index in [1.807, 2.05) is 0 Å². The molecule has 60 valence electrons. The van der Waals surface area contributed by atoms with E-state index in [1.54, 1.807) is 0 Å². The fourth-order valence-corrected chi connectivity index (χ4v) is 1.07. The third-order valence-electron chi connectivity index (χ3n) is 1.69. The van der Waals surface area contributed by atoms with Gasteiger partial charge in [-0.05, 0) is 25.9 Å². The van der Waals surface area contributed by atoms with Crippen molar-refractivity contribution in [2.45, 2.75) is 20.3 Å². The second kappa shape index (κ2) is 4.28. The summed E-state index contributed by atoms with van der Waals surface area (Å²) in [4.78, 5) is 10.3. The van der Waals surface area contributed by atoms with Crippen LogP contribution in [0.1, 0.15) is 20.3 Å². The van der Waals surface area contributed by atoms with Gasteiger partial charge in [0.15, 0.2) is 0 Å². The quantitative estimate of drug-likeness (QED) is 0.571. The van der Waals surface area contributed by atoms with Crippen molar-refractivity contribution in [3.8, 4) is 0 Å². The monoisotopic (exact) mass is 145 g/mol. The number of nitrogens with one attached hydrogen (secondary N) is 1. The lowest BCUT2D eigenvalue weighted by Crippen LogP contribution is -2.31. The number of carboxylic acid groups (broad SMARTS) is 1. The Kier molecular flexibility index (Phi) is 4.03. The third kappa shape index (κ3) is 2.35. The topological polar surface area (TPSA) is 49.3 Å². The molecule has 10 heavy (non-hydrogen) atoms. The highest BCUT2D eigenvalue weighted by Gasteiger charge is 2.18. The first kappa shape index (κ1) is 9.43. The van der Waals surface area contributed by atoms with E-state index in [1.165, 1.54) is 0 Å². The predicted molar refractivity (Wildman–Crippen MR) is 40.0 cm³/mol. The highest BCUT2D eigenvalue weighted by Crippen LogP contribution is 2.10. The van der Waals surface area contributed by atoms with Crippen LogP contribution in [0.3, 0.4) is 0 Å². The normalized spacial score (nSPS) is 19.6. The number of aliphatic carboxylic acids is 1. The molecule has 3 nitrogen and oxygen atoms in total. The maximum atomic E-state index is 10.3. The van der Waals surface area contributed by atoms with E-state index >= 15 is 0 Å². The van der Waals surface area contributed by atoms with Crippen LogP contribution in [0.5, 0.6) is 0 Å². The SMILES string of the molecule is C.O=C(O)C1CCNCC1. The van der Waals surface area contributed by atoms with E-state index in [2.05, 4.69) is 5.32 Å². The Bertz CT molecular complexity index is 108. The lowest BCUT2D eigenvalue weighted by Gasteiger charge is -2.17. The van der Waals surface area contributed by atoms with E-state index in [0.29, 0.717) is 0 Å². The molecule has 0 amide bonds. The first-order chi connectivity index (χ1) is 4.30. The molecule has 1 heterocycles. The van der Waals surface area contributed by atoms with E-state index in [4.69, 9.17) is 5.11 Å². The van der Waals surface area contributed by atoms with E-state index in [-0.39, 0.29) is 13.3 Å². The lowest BCUT2D eigenvalue weighted by molar-refractivity contribution is -0.142. The van der Waals surface area contributed by atoms with Gasteiger partial charge in [-0.3, -0.25) is 4.79 Å². The van der Waals surface area contributed by atoms with Gasteiger partial charge >= 0.3 is 5.97 Å². The number of carboxylic acids is 1. The van der Waals surface area contributed by atoms with Crippen LogP contribution >= 0.6 is 0 Å². The molecule has 3 heteroatoms. The molecule has 0 aliphatic carbocycles. The Balaban J connectivity index is 0.000000810. The zero-order chi connectivity index (χ0) is 6.69. The van der Waals surface area contributed by atoms with Gasteiger partial charge in [-0.15, -0.1) is 0 Å². The maximum absolute atomic E-state index is 10.3. The molecule has 0 aromatic heterocycles. The Morgan fingerprint density at radius 3 is 2.20 bits per heavy atom. The van der Waals surface area contributed by atoms with Crippen molar-refractivity contribution in [2.75, 3.05) is 13.1 Å². The molecule has 0 atom stereocenters. The van der Waals surface area contributed by atoms with Gasteiger partial charge in [0, 0.05) is 0 Å². The molecule has 1 aliphatic heterocycles. The average Bonchev–Trinajstić information content (AvgIpc) is 1.90. The lowest BCUT2D eigenvalue weighted by atomic mass is 9.99. The molecule has 1 aliphatic rings. The van der Waals surface area contributed by atoms with Crippen LogP contribution in [0, 0.1) is 5.92 Å². The summed E-state index contributed by atoms with van der Waals surface area (Å²) in [6.07, 6.45) is 1.57. The number of hydrogen-bond donors (Lipinski definition) is 2. The molecular weight excluding hydrogens is 130 g/mol. The Labute approximate surface area is 61.4 Å². The van der Waals surface area contributed by atoms with Gasteiger partial charge in [0.1, 0.15) is 0 Å². The maximum Gasteiger partial charge on any atom is 0.306 e. The van der Waals surface area contributed by atoms with Gasteiger partial charge in [0.2, 0.25) is 0 Å². The van der Waals surface area contributed by atoms with Crippen LogP contribution in [-0.2, 0) is 4.79 Å². The largest absolute Gasteiger partial charge is 0.481 e. The molecule has 0 radical (unpaired) electrons. The summed E-state index contributed by atoms with van der Waals surface area (Å²) >= 11 is 0. The number of rotatable bonds is 1. The van der Waals surface area contributed by atoms with Gasteiger partial charge in [-0.2, -0.15) is 0 Å². The van der Waals surface area contributed by atoms with Gasteiger partial charge in [-0.1, -0.05) is 7.43 Å². The first-order valence-corrected chi connectivity index (χ1v) is 3.24. The fraction of sp³-hybridized carbons (Fsp3) is 0.857. The fourth-order valence-electron chi connectivity index (χ4n) is 1.07. The van der Waals surface area contributed by atoms with Crippen molar-refractivity contribution in [2.24, 2.45) is 5.92 Å². The standard InChI is InChI=1S/C6H11NO2.CH4/c8-6(9)5-1-3-7-4-2-5;/h5,7H,1-4H2,(H,8,9);1H4. The van der Waals surface area contributed by atoms with Crippen molar-refractivity contribution in [1.29, 1.82) is 0 Å². The van der Waals surface area contributed by atoms with E-state index in [0.717, 1.165) is 25.9 Å². The molecule has 0 aromatic rings. The summed E-state index contributed by atoms with van der Waals surface area (Å²) < 4.78 is 0. The third-order valence-corrected chi connectivity index (χ3v) is 1.69. The number of carbonyl (C=O) groups is 1. The second-order valence-electron chi connectivity index (χ2n) is 2.36. The average molecular weight is 145 g/mol. The smallest absolute Gasteiger partial charge is 0.306 e. The van der Waals surface area contributed by atoms with Crippen LogP contribution in [0.15, 0.2) is 0 Å². The summed E-state index contributed by atoms with van der Waals surface area (Å²) in [6, 6.07) is 0. The van der Waals surface area contributed by atoms with E-state index in [9.17, 15) is 4.79 Å². The van der Waals surface area contributed by atoms with Gasteiger partial charge in [0.05, 0.1) is 5.92 Å².